The Kier molecular flexibility index (Phi) is 2.22. The van der Waals surface area contributed by atoms with Crippen molar-refractivity contribution in [3.05, 3.63) is 60.5 Å². The molecule has 0 aliphatic heterocycles. The normalized spacial score (nSPS) is 10.9. The average Bonchev–Trinajstić information content (AvgIpc) is 2.69. The number of benzene rings is 2. The second kappa shape index (κ2) is 3.74. The summed E-state index contributed by atoms with van der Waals surface area (Å²) in [7, 11) is 2.00. The Morgan fingerprint density at radius 1 is 1.12 bits per heavy atom. The summed E-state index contributed by atoms with van der Waals surface area (Å²) >= 11 is 0. The molecule has 0 amide bonds. The van der Waals surface area contributed by atoms with E-state index in [0.717, 1.165) is 22.0 Å². The average molecular weight is 224 g/mol. The van der Waals surface area contributed by atoms with Gasteiger partial charge < -0.3 is 4.57 Å². The molecule has 3 rings (SSSR count). The maximum atomic E-state index is 12.9. The van der Waals surface area contributed by atoms with Gasteiger partial charge in [0, 0.05) is 29.7 Å². The van der Waals surface area contributed by atoms with Gasteiger partial charge >= 0.3 is 0 Å². The number of fused-ring (bicyclic) bond motifs is 1. The largest absolute Gasteiger partial charge is 0.350 e. The van der Waals surface area contributed by atoms with Crippen molar-refractivity contribution in [2.24, 2.45) is 7.05 Å². The first kappa shape index (κ1) is 10.1. The second-order valence-corrected chi connectivity index (χ2v) is 4.10. The third kappa shape index (κ3) is 1.62. The summed E-state index contributed by atoms with van der Waals surface area (Å²) in [6.45, 7) is 0. The van der Waals surface area contributed by atoms with E-state index in [1.807, 2.05) is 25.2 Å². The first-order valence-corrected chi connectivity index (χ1v) is 5.47. The molecule has 0 saturated heterocycles. The minimum Gasteiger partial charge on any atom is -0.350 e. The topological polar surface area (TPSA) is 4.93 Å². The number of aromatic nitrogens is 1. The molecular weight excluding hydrogens is 213 g/mol. The van der Waals surface area contributed by atoms with Crippen molar-refractivity contribution in [2.45, 2.75) is 0 Å². The molecule has 0 atom stereocenters. The van der Waals surface area contributed by atoms with Crippen LogP contribution in [0.15, 0.2) is 48.7 Å². The molecule has 0 fully saturated rings. The van der Waals surface area contributed by atoms with Gasteiger partial charge in [0.1, 0.15) is 5.82 Å². The van der Waals surface area contributed by atoms with Crippen molar-refractivity contribution in [3.63, 3.8) is 0 Å². The van der Waals surface area contributed by atoms with Gasteiger partial charge in [-0.15, -0.1) is 0 Å². The highest BCUT2D eigenvalue weighted by Gasteiger charge is 2.07. The fraction of sp³-hybridized carbons (Fsp3) is 0.0667. The van der Waals surface area contributed by atoms with E-state index in [4.69, 9.17) is 0 Å². The van der Waals surface area contributed by atoms with Crippen LogP contribution in [0.25, 0.3) is 22.0 Å². The molecule has 1 nitrogen and oxygen atoms in total. The Hall–Kier alpha value is -2.09. The number of aryl methyl sites for hydroxylation is 1. The summed E-state index contributed by atoms with van der Waals surface area (Å²) in [5.74, 6) is -0.206. The highest BCUT2D eigenvalue weighted by Crippen LogP contribution is 2.29. The van der Waals surface area contributed by atoms with Gasteiger partial charge in [-0.3, -0.25) is 0 Å². The van der Waals surface area contributed by atoms with Crippen LogP contribution in [-0.4, -0.2) is 4.57 Å². The molecule has 0 saturated carbocycles. The number of nitrogens with zero attached hydrogens (tertiary/aromatic N) is 1. The van der Waals surface area contributed by atoms with E-state index < -0.39 is 0 Å². The van der Waals surface area contributed by atoms with Gasteiger partial charge in [0.15, 0.2) is 0 Å². The first-order chi connectivity index (χ1) is 8.25. The maximum Gasteiger partial charge on any atom is 0.123 e. The second-order valence-electron chi connectivity index (χ2n) is 4.10. The zero-order valence-electron chi connectivity index (χ0n) is 9.44. The van der Waals surface area contributed by atoms with Crippen molar-refractivity contribution in [3.8, 4) is 11.1 Å². The zero-order chi connectivity index (χ0) is 11.8. The Balaban J connectivity index is 2.27. The monoisotopic (exact) mass is 224 g/mol. The summed E-state index contributed by atoms with van der Waals surface area (Å²) in [5.41, 5.74) is 3.28. The first-order valence-electron chi connectivity index (χ1n) is 5.47. The molecule has 0 unspecified atom stereocenters. The zero-order valence-corrected chi connectivity index (χ0v) is 9.44. The summed E-state index contributed by atoms with van der Waals surface area (Å²) in [6.07, 6.45) is 2.06. The van der Waals surface area contributed by atoms with Gasteiger partial charge in [0.05, 0.1) is 0 Å². The summed E-state index contributed by atoms with van der Waals surface area (Å²) < 4.78 is 15.0. The van der Waals surface area contributed by atoms with Crippen LogP contribution in [0.2, 0.25) is 0 Å². The van der Waals surface area contributed by atoms with Crippen LogP contribution in [0.5, 0.6) is 0 Å². The minimum absolute atomic E-state index is 0.206. The number of halogens is 1. The Morgan fingerprint density at radius 3 is 2.65 bits per heavy atom. The fourth-order valence-corrected chi connectivity index (χ4v) is 2.13. The highest BCUT2D eigenvalue weighted by molar-refractivity contribution is 5.95. The van der Waals surface area contributed by atoms with Gasteiger partial charge in [0.25, 0.3) is 0 Å². The van der Waals surface area contributed by atoms with E-state index in [1.165, 1.54) is 12.1 Å². The predicted octanol–water partition coefficient (Wildman–Crippen LogP) is 3.78. The molecule has 0 bridgehead atoms. The molecule has 2 aromatic carbocycles. The third-order valence-corrected chi connectivity index (χ3v) is 2.99. The van der Waals surface area contributed by atoms with Crippen molar-refractivity contribution < 1.29 is 4.39 Å². The number of rotatable bonds is 1. The molecule has 17 heavy (non-hydrogen) atoms. The minimum atomic E-state index is -0.206. The maximum absolute atomic E-state index is 12.9. The quantitative estimate of drug-likeness (QED) is 0.592. The van der Waals surface area contributed by atoms with Crippen LogP contribution in [0.1, 0.15) is 0 Å². The van der Waals surface area contributed by atoms with Crippen LogP contribution < -0.4 is 0 Å². The lowest BCUT2D eigenvalue weighted by molar-refractivity contribution is 0.628. The van der Waals surface area contributed by atoms with E-state index in [-0.39, 0.29) is 5.82 Å². The summed E-state index contributed by atoms with van der Waals surface area (Å²) in [5, 5.41) is 1.16. The van der Waals surface area contributed by atoms with Crippen LogP contribution in [0, 0.1) is 11.9 Å². The molecule has 0 aliphatic rings. The van der Waals surface area contributed by atoms with Crippen LogP contribution >= 0.6 is 0 Å². The van der Waals surface area contributed by atoms with E-state index in [1.54, 1.807) is 12.1 Å². The van der Waals surface area contributed by atoms with Gasteiger partial charge in [-0.25, -0.2) is 4.39 Å². The lowest BCUT2D eigenvalue weighted by atomic mass is 10.1. The van der Waals surface area contributed by atoms with Gasteiger partial charge in [-0.1, -0.05) is 24.3 Å². The lowest BCUT2D eigenvalue weighted by Crippen LogP contribution is -1.81. The number of hydrogen-bond donors (Lipinski definition) is 0. The Bertz CT molecular complexity index is 665. The Morgan fingerprint density at radius 2 is 1.88 bits per heavy atom. The molecule has 0 aliphatic carbocycles. The van der Waals surface area contributed by atoms with E-state index in [9.17, 15) is 4.39 Å². The molecule has 1 radical (unpaired) electrons. The van der Waals surface area contributed by atoms with Crippen molar-refractivity contribution in [1.29, 1.82) is 0 Å². The van der Waals surface area contributed by atoms with Gasteiger partial charge in [0.2, 0.25) is 0 Å². The molecule has 1 aromatic heterocycles. The Labute approximate surface area is 99.1 Å². The molecule has 83 valence electrons. The van der Waals surface area contributed by atoms with Crippen molar-refractivity contribution in [1.82, 2.24) is 4.57 Å². The van der Waals surface area contributed by atoms with E-state index in [0.29, 0.717) is 0 Å². The van der Waals surface area contributed by atoms with Crippen LogP contribution in [0.4, 0.5) is 4.39 Å². The van der Waals surface area contributed by atoms with Crippen molar-refractivity contribution in [2.75, 3.05) is 0 Å². The fourth-order valence-electron chi connectivity index (χ4n) is 2.13. The van der Waals surface area contributed by atoms with Gasteiger partial charge in [-0.2, -0.15) is 0 Å². The summed E-state index contributed by atoms with van der Waals surface area (Å²) in [6, 6.07) is 15.6. The smallest absolute Gasteiger partial charge is 0.123 e. The molecule has 3 aromatic rings. The van der Waals surface area contributed by atoms with E-state index in [2.05, 4.69) is 16.8 Å². The molecule has 0 spiro atoms. The molecule has 1 heterocycles. The standard InChI is InChI=1S/C15H11FN/c1-17-10-14(11-6-8-12(16)9-7-11)13-4-2-3-5-15(13)17/h2,4-10H,1H3. The molecular formula is C15H11FN. The molecule has 0 N–H and O–H groups in total. The summed E-state index contributed by atoms with van der Waals surface area (Å²) in [4.78, 5) is 0. The number of hydrogen-bond acceptors (Lipinski definition) is 0. The third-order valence-electron chi connectivity index (χ3n) is 2.99. The molecule has 2 heteroatoms. The van der Waals surface area contributed by atoms with Crippen LogP contribution in [0.3, 0.4) is 0 Å². The van der Waals surface area contributed by atoms with Crippen molar-refractivity contribution >= 4 is 10.9 Å². The highest BCUT2D eigenvalue weighted by atomic mass is 19.1. The SMILES string of the molecule is Cn1cc(-c2ccc(F)cc2)c2cc[c]cc21. The van der Waals surface area contributed by atoms with Crippen LogP contribution in [-0.2, 0) is 7.05 Å². The predicted molar refractivity (Wildman–Crippen MR) is 67.1 cm³/mol. The van der Waals surface area contributed by atoms with Gasteiger partial charge in [-0.05, 0) is 29.8 Å². The van der Waals surface area contributed by atoms with E-state index >= 15 is 0 Å². The lowest BCUT2D eigenvalue weighted by Gasteiger charge is -1.98.